The van der Waals surface area contributed by atoms with Crippen molar-refractivity contribution < 1.29 is 0 Å². The number of nitrogen functional groups attached to an aromatic ring is 1. The molecule has 1 aliphatic rings. The average molecular weight is 278 g/mol. The molecule has 1 fully saturated rings. The molecule has 6 nitrogen and oxygen atoms in total. The van der Waals surface area contributed by atoms with E-state index in [1.54, 1.807) is 0 Å². The van der Waals surface area contributed by atoms with Crippen LogP contribution in [0, 0.1) is 12.3 Å². The number of hydrogen-bond acceptors (Lipinski definition) is 4. The summed E-state index contributed by atoms with van der Waals surface area (Å²) in [5, 5.41) is 12.2. The van der Waals surface area contributed by atoms with Gasteiger partial charge >= 0.3 is 0 Å². The Labute approximate surface area is 121 Å². The van der Waals surface area contributed by atoms with E-state index in [1.807, 2.05) is 18.7 Å². The largest absolute Gasteiger partial charge is 0.384 e. The van der Waals surface area contributed by atoms with Gasteiger partial charge in [-0.25, -0.2) is 0 Å². The van der Waals surface area contributed by atoms with Crippen LogP contribution in [0.15, 0.2) is 0 Å². The van der Waals surface area contributed by atoms with Crippen molar-refractivity contribution in [2.24, 2.45) is 12.8 Å². The molecule has 1 aliphatic heterocycles. The van der Waals surface area contributed by atoms with Gasteiger partial charge in [-0.15, -0.1) is 0 Å². The molecule has 2 rings (SSSR count). The molecule has 1 atom stereocenters. The summed E-state index contributed by atoms with van der Waals surface area (Å²) in [5.41, 5.74) is 7.34. The Hall–Kier alpha value is -1.56. The molecule has 0 spiro atoms. The minimum atomic E-state index is 0.106. The zero-order valence-electron chi connectivity index (χ0n) is 13.0. The minimum Gasteiger partial charge on any atom is -0.384 e. The lowest BCUT2D eigenvalue weighted by atomic mass is 10.1. The van der Waals surface area contributed by atoms with Crippen molar-refractivity contribution in [2.45, 2.75) is 33.2 Å². The van der Waals surface area contributed by atoms with Gasteiger partial charge in [-0.2, -0.15) is 5.10 Å². The van der Waals surface area contributed by atoms with Crippen LogP contribution < -0.4 is 10.6 Å². The second-order valence-electron chi connectivity index (χ2n) is 5.60. The van der Waals surface area contributed by atoms with Gasteiger partial charge in [0.15, 0.2) is 0 Å². The fourth-order valence-corrected chi connectivity index (χ4v) is 2.96. The molecule has 6 heteroatoms. The molecular formula is C14H26N6. The van der Waals surface area contributed by atoms with Crippen LogP contribution in [0.1, 0.15) is 31.5 Å². The van der Waals surface area contributed by atoms with E-state index in [0.29, 0.717) is 6.04 Å². The van der Waals surface area contributed by atoms with Crippen molar-refractivity contribution in [1.29, 1.82) is 5.41 Å². The van der Waals surface area contributed by atoms with Crippen LogP contribution in [0.3, 0.4) is 0 Å². The van der Waals surface area contributed by atoms with Crippen molar-refractivity contribution >= 4 is 11.7 Å². The fourth-order valence-electron chi connectivity index (χ4n) is 2.96. The molecule has 1 aromatic rings. The molecule has 0 radical (unpaired) electrons. The van der Waals surface area contributed by atoms with E-state index in [0.717, 1.165) is 43.3 Å². The van der Waals surface area contributed by atoms with Gasteiger partial charge in [0, 0.05) is 39.3 Å². The van der Waals surface area contributed by atoms with E-state index in [9.17, 15) is 0 Å². The summed E-state index contributed by atoms with van der Waals surface area (Å²) in [7, 11) is 1.93. The third-order valence-electron chi connectivity index (χ3n) is 4.29. The van der Waals surface area contributed by atoms with Crippen LogP contribution in [-0.4, -0.2) is 52.7 Å². The lowest BCUT2D eigenvalue weighted by Crippen LogP contribution is -2.50. The molecule has 0 saturated carbocycles. The highest BCUT2D eigenvalue weighted by molar-refractivity contribution is 6.00. The van der Waals surface area contributed by atoms with Crippen molar-refractivity contribution in [3.05, 3.63) is 11.3 Å². The number of rotatable bonds is 4. The summed E-state index contributed by atoms with van der Waals surface area (Å²) < 4.78 is 1.85. The van der Waals surface area contributed by atoms with E-state index >= 15 is 0 Å². The topological polar surface area (TPSA) is 74.2 Å². The maximum absolute atomic E-state index is 7.77. The average Bonchev–Trinajstić information content (AvgIpc) is 2.72. The first-order valence-corrected chi connectivity index (χ1v) is 7.32. The third kappa shape index (κ3) is 2.65. The number of nitrogens with zero attached hydrogens (tertiary/aromatic N) is 4. The van der Waals surface area contributed by atoms with E-state index < -0.39 is 0 Å². The Bertz CT molecular complexity index is 484. The van der Waals surface area contributed by atoms with Crippen LogP contribution in [0.25, 0.3) is 0 Å². The first-order valence-electron chi connectivity index (χ1n) is 7.32. The lowest BCUT2D eigenvalue weighted by molar-refractivity contribution is 0.192. The van der Waals surface area contributed by atoms with Gasteiger partial charge in [0.05, 0.1) is 11.3 Å². The summed E-state index contributed by atoms with van der Waals surface area (Å²) in [4.78, 5) is 4.82. The number of nitrogens with two attached hydrogens (primary N) is 1. The van der Waals surface area contributed by atoms with Crippen molar-refractivity contribution in [3.63, 3.8) is 0 Å². The van der Waals surface area contributed by atoms with Gasteiger partial charge in [-0.05, 0) is 20.3 Å². The highest BCUT2D eigenvalue weighted by Gasteiger charge is 2.26. The normalized spacial score (nSPS) is 18.3. The number of anilines is 1. The Kier molecular flexibility index (Phi) is 4.32. The molecule has 3 N–H and O–H groups in total. The van der Waals surface area contributed by atoms with Crippen molar-refractivity contribution in [2.75, 3.05) is 31.1 Å². The maximum atomic E-state index is 7.77. The van der Waals surface area contributed by atoms with Crippen LogP contribution in [-0.2, 0) is 7.05 Å². The summed E-state index contributed by atoms with van der Waals surface area (Å²) in [6.45, 7) is 10.5. The molecule has 0 aliphatic carbocycles. The van der Waals surface area contributed by atoms with E-state index in [2.05, 4.69) is 28.7 Å². The standard InChI is InChI=1S/C14H26N6/c1-5-10(2)19-6-8-20(9-7-19)14-12(13(15)16)11(3)17-18(14)4/h10H,5-9H2,1-4H3,(H3,15,16). The van der Waals surface area contributed by atoms with E-state index in [-0.39, 0.29) is 5.84 Å². The highest BCUT2D eigenvalue weighted by Crippen LogP contribution is 2.24. The third-order valence-corrected chi connectivity index (χ3v) is 4.29. The summed E-state index contributed by atoms with van der Waals surface area (Å²) in [5.74, 6) is 1.09. The Morgan fingerprint density at radius 1 is 1.35 bits per heavy atom. The second-order valence-corrected chi connectivity index (χ2v) is 5.60. The molecule has 2 heterocycles. The van der Waals surface area contributed by atoms with Crippen molar-refractivity contribution in [3.8, 4) is 0 Å². The molecule has 0 aromatic carbocycles. The predicted octanol–water partition coefficient (Wildman–Crippen LogP) is 0.933. The Balaban J connectivity index is 2.17. The van der Waals surface area contributed by atoms with E-state index in [1.165, 1.54) is 6.42 Å². The molecule has 112 valence electrons. The van der Waals surface area contributed by atoms with Crippen LogP contribution in [0.5, 0.6) is 0 Å². The van der Waals surface area contributed by atoms with Gasteiger partial charge in [0.25, 0.3) is 0 Å². The smallest absolute Gasteiger partial charge is 0.137 e. The predicted molar refractivity (Wildman–Crippen MR) is 82.5 cm³/mol. The Morgan fingerprint density at radius 3 is 2.45 bits per heavy atom. The molecule has 1 saturated heterocycles. The monoisotopic (exact) mass is 278 g/mol. The minimum absolute atomic E-state index is 0.106. The Morgan fingerprint density at radius 2 is 1.95 bits per heavy atom. The number of aromatic nitrogens is 2. The molecule has 1 aromatic heterocycles. The zero-order valence-corrected chi connectivity index (χ0v) is 13.0. The van der Waals surface area contributed by atoms with E-state index in [4.69, 9.17) is 11.1 Å². The van der Waals surface area contributed by atoms with Gasteiger partial charge in [0.1, 0.15) is 11.7 Å². The van der Waals surface area contributed by atoms with Gasteiger partial charge in [0.2, 0.25) is 0 Å². The van der Waals surface area contributed by atoms with Crippen molar-refractivity contribution in [1.82, 2.24) is 14.7 Å². The first-order chi connectivity index (χ1) is 9.45. The SMILES string of the molecule is CCC(C)N1CCN(c2c(C(=N)N)c(C)nn2C)CC1. The number of piperazine rings is 1. The quantitative estimate of drug-likeness (QED) is 0.635. The van der Waals surface area contributed by atoms with Gasteiger partial charge in [-0.1, -0.05) is 6.92 Å². The van der Waals surface area contributed by atoms with Gasteiger partial charge in [-0.3, -0.25) is 15.0 Å². The summed E-state index contributed by atoms with van der Waals surface area (Å²) in [6.07, 6.45) is 1.18. The molecule has 1 unspecified atom stereocenters. The molecule has 20 heavy (non-hydrogen) atoms. The number of amidine groups is 1. The van der Waals surface area contributed by atoms with Gasteiger partial charge < -0.3 is 10.6 Å². The highest BCUT2D eigenvalue weighted by atomic mass is 15.4. The molecule has 0 amide bonds. The summed E-state index contributed by atoms with van der Waals surface area (Å²) in [6, 6.07) is 0.637. The second kappa shape index (κ2) is 5.83. The lowest BCUT2D eigenvalue weighted by Gasteiger charge is -2.39. The van der Waals surface area contributed by atoms with Crippen LogP contribution >= 0.6 is 0 Å². The number of hydrogen-bond donors (Lipinski definition) is 2. The molecule has 0 bridgehead atoms. The number of nitrogens with one attached hydrogen (secondary N) is 1. The maximum Gasteiger partial charge on any atom is 0.137 e. The number of aryl methyl sites for hydroxylation is 2. The molecular weight excluding hydrogens is 252 g/mol. The first kappa shape index (κ1) is 14.8. The fraction of sp³-hybridized carbons (Fsp3) is 0.714. The summed E-state index contributed by atoms with van der Waals surface area (Å²) >= 11 is 0. The zero-order chi connectivity index (χ0) is 14.9. The van der Waals surface area contributed by atoms with Crippen LogP contribution in [0.2, 0.25) is 0 Å². The van der Waals surface area contributed by atoms with Crippen LogP contribution in [0.4, 0.5) is 5.82 Å².